The molecule has 35 heavy (non-hydrogen) atoms. The number of anilines is 1. The number of aromatic nitrogens is 2. The van der Waals surface area contributed by atoms with Crippen LogP contribution >= 0.6 is 23.1 Å². The summed E-state index contributed by atoms with van der Waals surface area (Å²) in [7, 11) is 3.10. The van der Waals surface area contributed by atoms with Gasteiger partial charge in [0.25, 0.3) is 5.56 Å². The molecule has 4 rings (SSSR count). The van der Waals surface area contributed by atoms with Crippen molar-refractivity contribution in [3.8, 4) is 11.5 Å². The summed E-state index contributed by atoms with van der Waals surface area (Å²) in [6.45, 7) is 5.93. The Hall–Kier alpha value is -3.30. The highest BCUT2D eigenvalue weighted by Crippen LogP contribution is 2.32. The smallest absolute Gasteiger partial charge is 0.263 e. The number of benzene rings is 2. The van der Waals surface area contributed by atoms with Crippen LogP contribution in [-0.4, -0.2) is 35.4 Å². The van der Waals surface area contributed by atoms with E-state index >= 15 is 0 Å². The van der Waals surface area contributed by atoms with Gasteiger partial charge >= 0.3 is 0 Å². The first-order valence-electron chi connectivity index (χ1n) is 11.1. The number of aryl methyl sites for hydroxylation is 2. The molecule has 182 valence electrons. The lowest BCUT2D eigenvalue weighted by atomic mass is 10.1. The summed E-state index contributed by atoms with van der Waals surface area (Å²) in [5, 5.41) is 4.03. The molecule has 1 atom stereocenters. The molecule has 0 aliphatic rings. The fraction of sp³-hybridized carbons (Fsp3) is 0.269. The second-order valence-corrected chi connectivity index (χ2v) is 10.2. The summed E-state index contributed by atoms with van der Waals surface area (Å²) < 4.78 is 12.3. The van der Waals surface area contributed by atoms with E-state index in [1.807, 2.05) is 51.1 Å². The number of ether oxygens (including phenoxy) is 2. The molecule has 2 heterocycles. The van der Waals surface area contributed by atoms with Crippen LogP contribution in [0, 0.1) is 13.8 Å². The number of thioether (sulfide) groups is 1. The van der Waals surface area contributed by atoms with E-state index in [0.717, 1.165) is 16.0 Å². The lowest BCUT2D eigenvalue weighted by Gasteiger charge is -2.19. The number of nitrogens with zero attached hydrogens (tertiary/aromatic N) is 2. The number of methoxy groups -OCH3 is 2. The number of carbonyl (C=O) groups is 1. The molecule has 0 saturated heterocycles. The fourth-order valence-electron chi connectivity index (χ4n) is 3.83. The molecule has 0 fully saturated rings. The minimum atomic E-state index is -0.243. The summed E-state index contributed by atoms with van der Waals surface area (Å²) in [5.41, 5.74) is 2.40. The number of nitrogens with one attached hydrogen (secondary N) is 1. The summed E-state index contributed by atoms with van der Waals surface area (Å²) in [5.74, 6) is 0.983. The third-order valence-electron chi connectivity index (χ3n) is 5.89. The number of amides is 1. The Morgan fingerprint density at radius 1 is 1.14 bits per heavy atom. The molecular weight excluding hydrogens is 482 g/mol. The van der Waals surface area contributed by atoms with Gasteiger partial charge in [0.05, 0.1) is 37.1 Å². The molecule has 0 spiro atoms. The van der Waals surface area contributed by atoms with Gasteiger partial charge in [0.1, 0.15) is 16.3 Å². The van der Waals surface area contributed by atoms with Gasteiger partial charge < -0.3 is 14.8 Å². The minimum Gasteiger partial charge on any atom is -0.497 e. The lowest BCUT2D eigenvalue weighted by Crippen LogP contribution is -2.27. The zero-order valence-corrected chi connectivity index (χ0v) is 21.9. The van der Waals surface area contributed by atoms with Gasteiger partial charge in [-0.1, -0.05) is 42.1 Å². The van der Waals surface area contributed by atoms with Gasteiger partial charge in [-0.05, 0) is 44.0 Å². The Morgan fingerprint density at radius 3 is 2.57 bits per heavy atom. The summed E-state index contributed by atoms with van der Waals surface area (Å²) in [6, 6.07) is 14.8. The Kier molecular flexibility index (Phi) is 7.47. The van der Waals surface area contributed by atoms with E-state index in [-0.39, 0.29) is 23.3 Å². The highest BCUT2D eigenvalue weighted by Gasteiger charge is 2.22. The topological polar surface area (TPSA) is 82.5 Å². The maximum absolute atomic E-state index is 13.7. The molecule has 0 bridgehead atoms. The fourth-order valence-corrected chi connectivity index (χ4v) is 5.78. The molecule has 0 aliphatic heterocycles. The van der Waals surface area contributed by atoms with Crippen molar-refractivity contribution in [1.82, 2.24) is 9.55 Å². The normalized spacial score (nSPS) is 11.9. The van der Waals surface area contributed by atoms with Gasteiger partial charge in [-0.25, -0.2) is 4.98 Å². The van der Waals surface area contributed by atoms with E-state index in [1.165, 1.54) is 30.2 Å². The van der Waals surface area contributed by atoms with E-state index in [9.17, 15) is 9.59 Å². The highest BCUT2D eigenvalue weighted by atomic mass is 32.2. The molecule has 0 radical (unpaired) electrons. The van der Waals surface area contributed by atoms with Crippen molar-refractivity contribution in [1.29, 1.82) is 0 Å². The summed E-state index contributed by atoms with van der Waals surface area (Å²) in [4.78, 5) is 33.1. The maximum atomic E-state index is 13.7. The van der Waals surface area contributed by atoms with Gasteiger partial charge in [0, 0.05) is 10.9 Å². The zero-order chi connectivity index (χ0) is 25.1. The molecule has 4 aromatic rings. The van der Waals surface area contributed by atoms with Crippen LogP contribution in [-0.2, 0) is 4.79 Å². The van der Waals surface area contributed by atoms with Crippen LogP contribution in [0.25, 0.3) is 10.2 Å². The predicted octanol–water partition coefficient (Wildman–Crippen LogP) is 5.43. The van der Waals surface area contributed by atoms with Crippen molar-refractivity contribution >= 4 is 44.9 Å². The van der Waals surface area contributed by atoms with E-state index in [2.05, 4.69) is 5.32 Å². The first-order chi connectivity index (χ1) is 16.8. The largest absolute Gasteiger partial charge is 0.497 e. The first-order valence-corrected chi connectivity index (χ1v) is 12.9. The SMILES string of the molecule is COc1ccc(NC(=O)CSc2nc3sc(C)c(C)c3c(=O)n2[C@H](C)c2ccccc2)c(OC)c1. The minimum absolute atomic E-state index is 0.0813. The van der Waals surface area contributed by atoms with Crippen molar-refractivity contribution in [3.63, 3.8) is 0 Å². The molecule has 1 amide bonds. The highest BCUT2D eigenvalue weighted by molar-refractivity contribution is 7.99. The number of fused-ring (bicyclic) bond motifs is 1. The first kappa shape index (κ1) is 24.8. The van der Waals surface area contributed by atoms with Crippen molar-refractivity contribution in [2.45, 2.75) is 32.0 Å². The Balaban J connectivity index is 1.66. The van der Waals surface area contributed by atoms with Gasteiger partial charge in [0.2, 0.25) is 5.91 Å². The molecule has 1 N–H and O–H groups in total. The molecule has 9 heteroatoms. The second kappa shape index (κ2) is 10.5. The van der Waals surface area contributed by atoms with Crippen LogP contribution in [0.3, 0.4) is 0 Å². The summed E-state index contributed by atoms with van der Waals surface area (Å²) >= 11 is 2.75. The van der Waals surface area contributed by atoms with E-state index < -0.39 is 0 Å². The van der Waals surface area contributed by atoms with Crippen LogP contribution in [0.2, 0.25) is 0 Å². The maximum Gasteiger partial charge on any atom is 0.263 e. The number of hydrogen-bond acceptors (Lipinski definition) is 7. The van der Waals surface area contributed by atoms with Crippen molar-refractivity contribution in [2.75, 3.05) is 25.3 Å². The molecule has 7 nitrogen and oxygen atoms in total. The second-order valence-electron chi connectivity index (χ2n) is 8.02. The third kappa shape index (κ3) is 5.06. The molecule has 0 unspecified atom stereocenters. The lowest BCUT2D eigenvalue weighted by molar-refractivity contribution is -0.113. The predicted molar refractivity (Wildman–Crippen MR) is 143 cm³/mol. The van der Waals surface area contributed by atoms with Crippen molar-refractivity contribution in [2.24, 2.45) is 0 Å². The molecule has 2 aromatic carbocycles. The van der Waals surface area contributed by atoms with E-state index in [4.69, 9.17) is 14.5 Å². The molecule has 2 aromatic heterocycles. The van der Waals surface area contributed by atoms with Crippen molar-refractivity contribution in [3.05, 3.63) is 74.9 Å². The number of carbonyl (C=O) groups excluding carboxylic acids is 1. The Morgan fingerprint density at radius 2 is 1.89 bits per heavy atom. The van der Waals surface area contributed by atoms with E-state index in [0.29, 0.717) is 32.6 Å². The number of rotatable bonds is 8. The quantitative estimate of drug-likeness (QED) is 0.252. The summed E-state index contributed by atoms with van der Waals surface area (Å²) in [6.07, 6.45) is 0. The average molecular weight is 510 g/mol. The third-order valence-corrected chi connectivity index (χ3v) is 7.94. The van der Waals surface area contributed by atoms with E-state index in [1.54, 1.807) is 29.9 Å². The van der Waals surface area contributed by atoms with Gasteiger partial charge in [-0.15, -0.1) is 11.3 Å². The van der Waals surface area contributed by atoms with Crippen LogP contribution in [0.1, 0.15) is 29.0 Å². The standard InChI is InChI=1S/C26H27N3O4S2/c1-15-17(3)35-24-23(15)25(31)29(16(2)18-9-7-6-8-10-18)26(28-24)34-14-22(30)27-20-12-11-19(32-4)13-21(20)33-5/h6-13,16H,14H2,1-5H3,(H,27,30)/t16-/m1/s1. The molecule has 0 saturated carbocycles. The van der Waals surface area contributed by atoms with Crippen molar-refractivity contribution < 1.29 is 14.3 Å². The number of hydrogen-bond donors (Lipinski definition) is 1. The van der Waals surface area contributed by atoms with Crippen LogP contribution in [0.5, 0.6) is 11.5 Å². The Labute approximate surface area is 212 Å². The van der Waals surface area contributed by atoms with Crippen LogP contribution < -0.4 is 20.3 Å². The van der Waals surface area contributed by atoms with Gasteiger partial charge in [-0.2, -0.15) is 0 Å². The molecule has 0 aliphatic carbocycles. The van der Waals surface area contributed by atoms with Gasteiger partial charge in [-0.3, -0.25) is 14.2 Å². The average Bonchev–Trinajstić information content (AvgIpc) is 3.16. The monoisotopic (exact) mass is 509 g/mol. The zero-order valence-electron chi connectivity index (χ0n) is 20.2. The van der Waals surface area contributed by atoms with Crippen LogP contribution in [0.15, 0.2) is 58.5 Å². The number of thiophene rings is 1. The molecular formula is C26H27N3O4S2. The van der Waals surface area contributed by atoms with Crippen LogP contribution in [0.4, 0.5) is 5.69 Å². The Bertz CT molecular complexity index is 1430. The van der Waals surface area contributed by atoms with Gasteiger partial charge in [0.15, 0.2) is 5.16 Å².